The van der Waals surface area contributed by atoms with E-state index in [0.717, 1.165) is 11.3 Å². The molecule has 0 fully saturated rings. The van der Waals surface area contributed by atoms with E-state index >= 15 is 0 Å². The van der Waals surface area contributed by atoms with Crippen molar-refractivity contribution in [3.63, 3.8) is 0 Å². The predicted molar refractivity (Wildman–Crippen MR) is 70.1 cm³/mol. The van der Waals surface area contributed by atoms with Crippen molar-refractivity contribution in [1.82, 2.24) is 19.7 Å². The maximum atomic E-state index is 12.7. The highest BCUT2D eigenvalue weighted by Crippen LogP contribution is 2.28. The van der Waals surface area contributed by atoms with Crippen molar-refractivity contribution in [2.45, 2.75) is 19.6 Å². The summed E-state index contributed by atoms with van der Waals surface area (Å²) in [4.78, 5) is 6.71. The minimum Gasteiger partial charge on any atom is -0.366 e. The van der Waals surface area contributed by atoms with E-state index in [-0.39, 0.29) is 18.2 Å². The highest BCUT2D eigenvalue weighted by molar-refractivity contribution is 5.47. The van der Waals surface area contributed by atoms with Gasteiger partial charge in [-0.15, -0.1) is 0 Å². The molecule has 114 valence electrons. The summed E-state index contributed by atoms with van der Waals surface area (Å²) in [6.45, 7) is 2.10. The molecule has 2 aromatic heterocycles. The van der Waals surface area contributed by atoms with Crippen LogP contribution in [-0.4, -0.2) is 19.7 Å². The maximum absolute atomic E-state index is 12.7. The second-order valence-electron chi connectivity index (χ2n) is 4.37. The van der Waals surface area contributed by atoms with Crippen molar-refractivity contribution >= 4 is 11.6 Å². The SMILES string of the molecule is Cc1nn(C)cc1CNc1cc(NN)nc(C(F)(F)F)n1. The quantitative estimate of drug-likeness (QED) is 0.584. The number of aryl methyl sites for hydroxylation is 2. The van der Waals surface area contributed by atoms with Crippen molar-refractivity contribution in [3.05, 3.63) is 29.3 Å². The van der Waals surface area contributed by atoms with E-state index in [1.807, 2.05) is 6.92 Å². The summed E-state index contributed by atoms with van der Waals surface area (Å²) >= 11 is 0. The molecule has 0 amide bonds. The minimum atomic E-state index is -4.65. The molecule has 0 aliphatic heterocycles. The summed E-state index contributed by atoms with van der Waals surface area (Å²) < 4.78 is 39.7. The van der Waals surface area contributed by atoms with Gasteiger partial charge in [0.2, 0.25) is 5.82 Å². The number of alkyl halides is 3. The Bertz CT molecular complexity index is 635. The zero-order chi connectivity index (χ0) is 15.6. The summed E-state index contributed by atoms with van der Waals surface area (Å²) in [7, 11) is 1.76. The van der Waals surface area contributed by atoms with Crippen LogP contribution in [0.5, 0.6) is 0 Å². The van der Waals surface area contributed by atoms with Gasteiger partial charge in [0.15, 0.2) is 0 Å². The molecule has 0 aliphatic carbocycles. The van der Waals surface area contributed by atoms with Crippen LogP contribution in [0.15, 0.2) is 12.3 Å². The number of hydrazine groups is 1. The van der Waals surface area contributed by atoms with Crippen molar-refractivity contribution in [2.24, 2.45) is 12.9 Å². The number of nitrogen functional groups attached to an aromatic ring is 1. The molecule has 0 saturated carbocycles. The molecule has 7 nitrogen and oxygen atoms in total. The number of aromatic nitrogens is 4. The maximum Gasteiger partial charge on any atom is 0.451 e. The van der Waals surface area contributed by atoms with E-state index in [9.17, 15) is 13.2 Å². The van der Waals surface area contributed by atoms with Gasteiger partial charge in [0.1, 0.15) is 11.6 Å². The summed E-state index contributed by atoms with van der Waals surface area (Å²) in [6, 6.07) is 1.29. The Kier molecular flexibility index (Phi) is 3.98. The number of hydrogen-bond acceptors (Lipinski definition) is 6. The number of nitrogens with zero attached hydrogens (tertiary/aromatic N) is 4. The first-order valence-electron chi connectivity index (χ1n) is 5.95. The first-order chi connectivity index (χ1) is 9.79. The molecule has 0 unspecified atom stereocenters. The Balaban J connectivity index is 2.21. The molecule has 0 spiro atoms. The van der Waals surface area contributed by atoms with Crippen molar-refractivity contribution in [1.29, 1.82) is 0 Å². The van der Waals surface area contributed by atoms with Gasteiger partial charge < -0.3 is 10.7 Å². The van der Waals surface area contributed by atoms with Gasteiger partial charge in [0.05, 0.1) is 5.69 Å². The number of halogens is 3. The molecule has 0 bridgehead atoms. The zero-order valence-corrected chi connectivity index (χ0v) is 11.4. The van der Waals surface area contributed by atoms with E-state index in [0.29, 0.717) is 0 Å². The molecule has 4 N–H and O–H groups in total. The van der Waals surface area contributed by atoms with Crippen LogP contribution in [0.2, 0.25) is 0 Å². The van der Waals surface area contributed by atoms with Crippen LogP contribution in [0.1, 0.15) is 17.1 Å². The molecule has 2 rings (SSSR count). The number of rotatable bonds is 4. The molecular weight excluding hydrogens is 287 g/mol. The van der Waals surface area contributed by atoms with Crippen LogP contribution in [0.4, 0.5) is 24.8 Å². The number of nitrogens with two attached hydrogens (primary N) is 1. The van der Waals surface area contributed by atoms with Gasteiger partial charge in [-0.3, -0.25) is 4.68 Å². The molecule has 0 atom stereocenters. The van der Waals surface area contributed by atoms with Gasteiger partial charge in [-0.05, 0) is 6.92 Å². The van der Waals surface area contributed by atoms with Crippen LogP contribution in [-0.2, 0) is 19.8 Å². The Morgan fingerprint density at radius 3 is 2.48 bits per heavy atom. The van der Waals surface area contributed by atoms with E-state index in [4.69, 9.17) is 5.84 Å². The van der Waals surface area contributed by atoms with Gasteiger partial charge in [-0.25, -0.2) is 15.8 Å². The third-order valence-corrected chi connectivity index (χ3v) is 2.70. The fourth-order valence-corrected chi connectivity index (χ4v) is 1.75. The zero-order valence-electron chi connectivity index (χ0n) is 11.4. The minimum absolute atomic E-state index is 0.0218. The number of nitrogens with one attached hydrogen (secondary N) is 2. The lowest BCUT2D eigenvalue weighted by atomic mass is 10.2. The molecule has 0 radical (unpaired) electrons. The largest absolute Gasteiger partial charge is 0.451 e. The average Bonchev–Trinajstić information content (AvgIpc) is 2.73. The van der Waals surface area contributed by atoms with Gasteiger partial charge in [-0.2, -0.15) is 18.3 Å². The van der Waals surface area contributed by atoms with Crippen LogP contribution in [0.25, 0.3) is 0 Å². The van der Waals surface area contributed by atoms with Crippen molar-refractivity contribution in [2.75, 3.05) is 10.7 Å². The number of hydrogen-bond donors (Lipinski definition) is 3. The molecule has 2 heterocycles. The fourth-order valence-electron chi connectivity index (χ4n) is 1.75. The van der Waals surface area contributed by atoms with Gasteiger partial charge in [0.25, 0.3) is 0 Å². The van der Waals surface area contributed by atoms with E-state index in [2.05, 4.69) is 25.8 Å². The van der Waals surface area contributed by atoms with Gasteiger partial charge >= 0.3 is 6.18 Å². The Labute approximate surface area is 118 Å². The molecule has 0 aliphatic rings. The van der Waals surface area contributed by atoms with E-state index in [1.54, 1.807) is 17.9 Å². The second-order valence-corrected chi connectivity index (χ2v) is 4.37. The summed E-state index contributed by atoms with van der Waals surface area (Å²) in [5.41, 5.74) is 3.72. The van der Waals surface area contributed by atoms with Gasteiger partial charge in [0, 0.05) is 31.4 Å². The highest BCUT2D eigenvalue weighted by Gasteiger charge is 2.35. The predicted octanol–water partition coefficient (Wildman–Crippen LogP) is 1.44. The van der Waals surface area contributed by atoms with Crippen LogP contribution in [0.3, 0.4) is 0 Å². The first kappa shape index (κ1) is 15.0. The Hall–Kier alpha value is -2.36. The average molecular weight is 301 g/mol. The summed E-state index contributed by atoms with van der Waals surface area (Å²) in [5, 5.41) is 6.95. The molecule has 21 heavy (non-hydrogen) atoms. The molecule has 0 aromatic carbocycles. The van der Waals surface area contributed by atoms with E-state index < -0.39 is 12.0 Å². The van der Waals surface area contributed by atoms with Gasteiger partial charge in [-0.1, -0.05) is 0 Å². The first-order valence-corrected chi connectivity index (χ1v) is 5.95. The normalized spacial score (nSPS) is 11.5. The molecular formula is C11H14F3N7. The molecule has 2 aromatic rings. The van der Waals surface area contributed by atoms with Crippen LogP contribution < -0.4 is 16.6 Å². The lowest BCUT2D eigenvalue weighted by Crippen LogP contribution is -2.17. The van der Waals surface area contributed by atoms with E-state index in [1.165, 1.54) is 6.07 Å². The topological polar surface area (TPSA) is 93.7 Å². The molecule has 0 saturated heterocycles. The third kappa shape index (κ3) is 3.60. The third-order valence-electron chi connectivity index (χ3n) is 2.70. The lowest BCUT2D eigenvalue weighted by Gasteiger charge is -2.11. The van der Waals surface area contributed by atoms with Crippen molar-refractivity contribution < 1.29 is 13.2 Å². The molecule has 10 heteroatoms. The Morgan fingerprint density at radius 1 is 1.29 bits per heavy atom. The summed E-state index contributed by atoms with van der Waals surface area (Å²) in [5.74, 6) is 3.76. The standard InChI is InChI=1S/C11H14F3N7/c1-6-7(5-21(2)20-6)4-16-8-3-9(19-15)18-10(17-8)11(12,13)14/h3,5H,4,15H2,1-2H3,(H2,16,17,18,19). The fraction of sp³-hybridized carbons (Fsp3) is 0.364. The Morgan fingerprint density at radius 2 is 1.95 bits per heavy atom. The van der Waals surface area contributed by atoms with Crippen LogP contribution >= 0.6 is 0 Å². The second kappa shape index (κ2) is 5.56. The smallest absolute Gasteiger partial charge is 0.366 e. The monoisotopic (exact) mass is 301 g/mol. The van der Waals surface area contributed by atoms with Crippen molar-refractivity contribution in [3.8, 4) is 0 Å². The lowest BCUT2D eigenvalue weighted by molar-refractivity contribution is -0.144. The summed E-state index contributed by atoms with van der Waals surface area (Å²) in [6.07, 6.45) is -2.87. The highest BCUT2D eigenvalue weighted by atomic mass is 19.4. The number of anilines is 2. The van der Waals surface area contributed by atoms with Crippen LogP contribution in [0, 0.1) is 6.92 Å².